The zero-order chi connectivity index (χ0) is 44.8. The first-order valence-electron chi connectivity index (χ1n) is 21.0. The predicted octanol–water partition coefficient (Wildman–Crippen LogP) is 10.1. The molecule has 5 aromatic rings. The van der Waals surface area contributed by atoms with Crippen molar-refractivity contribution in [3.05, 3.63) is 133 Å². The van der Waals surface area contributed by atoms with Crippen LogP contribution in [0.3, 0.4) is 0 Å². The summed E-state index contributed by atoms with van der Waals surface area (Å²) < 4.78 is 28.7. The van der Waals surface area contributed by atoms with Gasteiger partial charge in [0.05, 0.1) is 49.0 Å². The monoisotopic (exact) mass is 832 g/mol. The highest BCUT2D eigenvalue weighted by molar-refractivity contribution is 6.14. The van der Waals surface area contributed by atoms with E-state index in [4.69, 9.17) is 28.7 Å². The number of hydrogen-bond acceptors (Lipinski definition) is 10. The van der Waals surface area contributed by atoms with Gasteiger partial charge in [-0.15, -0.1) is 0 Å². The maximum Gasteiger partial charge on any atom is 0.345 e. The van der Waals surface area contributed by atoms with Gasteiger partial charge in [-0.05, 0) is 128 Å². The molecular formula is C50H60N2O9. The number of aryl methyl sites for hydroxylation is 6. The molecule has 0 aliphatic heterocycles. The number of fused-ring (bicyclic) bond motifs is 1. The number of carbonyl (C=O) groups is 3. The predicted molar refractivity (Wildman–Crippen MR) is 239 cm³/mol. The summed E-state index contributed by atoms with van der Waals surface area (Å²) in [5, 5.41) is 0. The van der Waals surface area contributed by atoms with E-state index in [0.29, 0.717) is 30.2 Å². The molecule has 2 aromatic carbocycles. The molecular weight excluding hydrogens is 773 g/mol. The summed E-state index contributed by atoms with van der Waals surface area (Å²) >= 11 is 0. The molecule has 0 aliphatic rings. The number of benzene rings is 2. The normalized spacial score (nSPS) is 11.3. The van der Waals surface area contributed by atoms with Crippen LogP contribution in [0.5, 0.6) is 5.75 Å². The molecule has 61 heavy (non-hydrogen) atoms. The van der Waals surface area contributed by atoms with E-state index in [-0.39, 0.29) is 31.0 Å². The van der Waals surface area contributed by atoms with Crippen LogP contribution in [0.2, 0.25) is 0 Å². The maximum absolute atomic E-state index is 13.4. The molecule has 0 spiro atoms. The van der Waals surface area contributed by atoms with Crippen molar-refractivity contribution in [2.24, 2.45) is 0 Å². The van der Waals surface area contributed by atoms with E-state index in [1.54, 1.807) is 25.2 Å². The van der Waals surface area contributed by atoms with Crippen LogP contribution in [0, 0.1) is 41.5 Å². The zero-order valence-corrected chi connectivity index (χ0v) is 37.5. The van der Waals surface area contributed by atoms with Gasteiger partial charge in [0, 0.05) is 23.8 Å². The van der Waals surface area contributed by atoms with Crippen LogP contribution in [0.15, 0.2) is 83.2 Å². The highest BCUT2D eigenvalue weighted by atomic mass is 16.6. The van der Waals surface area contributed by atoms with Crippen LogP contribution in [-0.4, -0.2) is 60.3 Å². The van der Waals surface area contributed by atoms with Gasteiger partial charge >= 0.3 is 17.9 Å². The van der Waals surface area contributed by atoms with E-state index in [1.165, 1.54) is 17.7 Å². The Bertz CT molecular complexity index is 2380. The highest BCUT2D eigenvalue weighted by Gasteiger charge is 2.25. The van der Waals surface area contributed by atoms with Crippen LogP contribution >= 0.6 is 0 Å². The lowest BCUT2D eigenvalue weighted by atomic mass is 9.96. The fourth-order valence-electron chi connectivity index (χ4n) is 7.35. The lowest BCUT2D eigenvalue weighted by Crippen LogP contribution is -2.25. The summed E-state index contributed by atoms with van der Waals surface area (Å²) in [5.41, 5.74) is 11.0. The van der Waals surface area contributed by atoms with Gasteiger partial charge in [-0.1, -0.05) is 61.4 Å². The van der Waals surface area contributed by atoms with E-state index in [2.05, 4.69) is 52.0 Å². The summed E-state index contributed by atoms with van der Waals surface area (Å²) in [7, 11) is 0. The number of nitrogens with zero attached hydrogens (tertiary/aromatic N) is 2. The summed E-state index contributed by atoms with van der Waals surface area (Å²) in [6.07, 6.45) is 2.33. The van der Waals surface area contributed by atoms with E-state index in [1.807, 2.05) is 64.1 Å². The Morgan fingerprint density at radius 2 is 1.21 bits per heavy atom. The molecule has 5 rings (SSSR count). The minimum atomic E-state index is -0.738. The molecule has 0 bridgehead atoms. The summed E-state index contributed by atoms with van der Waals surface area (Å²) in [5.74, 6) is -1.62. The molecule has 0 saturated heterocycles. The number of ether oxygens (including phenoxy) is 5. The fraction of sp³-hybridized carbons (Fsp3) is 0.380. The van der Waals surface area contributed by atoms with Gasteiger partial charge in [-0.2, -0.15) is 0 Å². The second kappa shape index (κ2) is 22.5. The summed E-state index contributed by atoms with van der Waals surface area (Å²) in [6.45, 7) is 22.8. The van der Waals surface area contributed by atoms with E-state index < -0.39 is 29.6 Å². The number of carbonyl (C=O) groups excluding carboxylic acids is 3. The van der Waals surface area contributed by atoms with Crippen LogP contribution < -0.4 is 10.3 Å². The second-order valence-electron chi connectivity index (χ2n) is 14.7. The molecule has 1 atom stereocenters. The standard InChI is InChI=1S/C26H33NO5.C24H27NO4/c1-7-13-32-23(16-20(25(28)30-8-2)26(29)31-9-3)21-11-10-12-22(27-21)24-18(5)14-17(4)15-19(24)6;1-6-11-29-21-14-18(24(27)28-7-2)23(26)25-19(21)9-8-10-20(25)22-16(4)12-15(3)13-17(22)5/h10-12,14-16,23H,7-9,13H2,1-6H3;8-10,12-14H,6-7,11H2,1-5H3. The summed E-state index contributed by atoms with van der Waals surface area (Å²) in [4.78, 5) is 55.6. The first-order chi connectivity index (χ1) is 29.2. The molecule has 0 fully saturated rings. The highest BCUT2D eigenvalue weighted by Crippen LogP contribution is 2.32. The minimum Gasteiger partial charge on any atom is -0.491 e. The topological polar surface area (TPSA) is 132 Å². The lowest BCUT2D eigenvalue weighted by molar-refractivity contribution is -0.146. The van der Waals surface area contributed by atoms with Gasteiger partial charge in [-0.3, -0.25) is 9.20 Å². The molecule has 0 saturated carbocycles. The number of aromatic nitrogens is 2. The molecule has 0 N–H and O–H groups in total. The molecule has 0 amide bonds. The average Bonchev–Trinajstić information content (AvgIpc) is 3.20. The van der Waals surface area contributed by atoms with Crippen LogP contribution in [0.25, 0.3) is 28.0 Å². The Kier molecular flexibility index (Phi) is 17.6. The van der Waals surface area contributed by atoms with Crippen molar-refractivity contribution < 1.29 is 38.1 Å². The van der Waals surface area contributed by atoms with Crippen LogP contribution in [0.4, 0.5) is 0 Å². The summed E-state index contributed by atoms with van der Waals surface area (Å²) in [6, 6.07) is 21.3. The first-order valence-corrected chi connectivity index (χ1v) is 21.0. The molecule has 324 valence electrons. The van der Waals surface area contributed by atoms with Gasteiger partial charge in [0.2, 0.25) is 0 Å². The number of rotatable bonds is 16. The van der Waals surface area contributed by atoms with Crippen molar-refractivity contribution in [2.75, 3.05) is 33.0 Å². The SMILES string of the molecule is CCCOC(C=C(C(=O)OCC)C(=O)OCC)c1cccc(-c2c(C)cc(C)cc2C)n1.CCCOc1cc(C(=O)OCC)c(=O)n2c(-c3c(C)cc(C)cc3C)cccc12. The first kappa shape index (κ1) is 47.6. The third-order valence-electron chi connectivity index (χ3n) is 9.65. The van der Waals surface area contributed by atoms with Gasteiger partial charge in [0.15, 0.2) is 0 Å². The van der Waals surface area contributed by atoms with Crippen LogP contribution in [0.1, 0.15) is 103 Å². The number of esters is 3. The quantitative estimate of drug-likeness (QED) is 0.0311. The Morgan fingerprint density at radius 1 is 0.672 bits per heavy atom. The Labute approximate surface area is 359 Å². The van der Waals surface area contributed by atoms with Crippen molar-refractivity contribution in [3.8, 4) is 28.3 Å². The second-order valence-corrected chi connectivity index (χ2v) is 14.7. The average molecular weight is 833 g/mol. The minimum absolute atomic E-state index is 0.0229. The molecule has 1 unspecified atom stereocenters. The molecule has 11 nitrogen and oxygen atoms in total. The van der Waals surface area contributed by atoms with Crippen molar-refractivity contribution >= 4 is 23.4 Å². The van der Waals surface area contributed by atoms with E-state index in [0.717, 1.165) is 63.2 Å². The van der Waals surface area contributed by atoms with Crippen LogP contribution in [-0.2, 0) is 28.5 Å². The van der Waals surface area contributed by atoms with E-state index >= 15 is 0 Å². The molecule has 11 heteroatoms. The largest absolute Gasteiger partial charge is 0.491 e. The van der Waals surface area contributed by atoms with Gasteiger partial charge < -0.3 is 23.7 Å². The van der Waals surface area contributed by atoms with Crippen molar-refractivity contribution in [1.82, 2.24) is 9.38 Å². The zero-order valence-electron chi connectivity index (χ0n) is 37.5. The van der Waals surface area contributed by atoms with Gasteiger partial charge in [0.1, 0.15) is 23.0 Å². The Hall–Kier alpha value is -6.07. The van der Waals surface area contributed by atoms with Crippen molar-refractivity contribution in [3.63, 3.8) is 0 Å². The van der Waals surface area contributed by atoms with Crippen molar-refractivity contribution in [2.45, 2.75) is 95.1 Å². The number of pyridine rings is 3. The fourth-order valence-corrected chi connectivity index (χ4v) is 7.35. The molecule has 3 aromatic heterocycles. The van der Waals surface area contributed by atoms with E-state index in [9.17, 15) is 19.2 Å². The third kappa shape index (κ3) is 11.8. The molecule has 0 aliphatic carbocycles. The van der Waals surface area contributed by atoms with Gasteiger partial charge in [0.25, 0.3) is 5.56 Å². The smallest absolute Gasteiger partial charge is 0.345 e. The third-order valence-corrected chi connectivity index (χ3v) is 9.65. The molecule has 3 heterocycles. The Morgan fingerprint density at radius 3 is 1.75 bits per heavy atom. The lowest BCUT2D eigenvalue weighted by Gasteiger charge is -2.18. The van der Waals surface area contributed by atoms with Crippen molar-refractivity contribution in [1.29, 1.82) is 0 Å². The maximum atomic E-state index is 13.4. The molecule has 0 radical (unpaired) electrons. The number of hydrogen-bond donors (Lipinski definition) is 0. The van der Waals surface area contributed by atoms with Gasteiger partial charge in [-0.25, -0.2) is 19.4 Å². The Balaban J connectivity index is 0.000000270.